The van der Waals surface area contributed by atoms with Crippen LogP contribution in [0.1, 0.15) is 39.7 Å². The first-order chi connectivity index (χ1) is 16.9. The number of hydrogen-bond acceptors (Lipinski definition) is 4. The number of halogens is 5. The van der Waals surface area contributed by atoms with E-state index in [0.29, 0.717) is 29.9 Å². The van der Waals surface area contributed by atoms with E-state index in [4.69, 9.17) is 0 Å². The van der Waals surface area contributed by atoms with Crippen LogP contribution >= 0.6 is 0 Å². The number of nitrogens with one attached hydrogen (secondary N) is 1. The number of pyridine rings is 2. The van der Waals surface area contributed by atoms with Gasteiger partial charge in [0.25, 0.3) is 11.8 Å². The molecule has 0 radical (unpaired) electrons. The number of alkyl halides is 5. The van der Waals surface area contributed by atoms with E-state index in [1.54, 1.807) is 43.6 Å². The minimum absolute atomic E-state index is 0.230. The quantitative estimate of drug-likeness (QED) is 0.325. The molecule has 0 fully saturated rings. The molecule has 1 aromatic carbocycles. The van der Waals surface area contributed by atoms with Crippen LogP contribution in [-0.4, -0.2) is 25.7 Å². The zero-order valence-electron chi connectivity index (χ0n) is 19.1. The molecule has 186 valence electrons. The lowest BCUT2D eigenvalue weighted by molar-refractivity contribution is -0.138. The van der Waals surface area contributed by atoms with Gasteiger partial charge in [0.1, 0.15) is 0 Å². The molecule has 36 heavy (non-hydrogen) atoms. The lowest BCUT2D eigenvalue weighted by Gasteiger charge is -2.18. The average Bonchev–Trinajstić information content (AvgIpc) is 3.17. The highest BCUT2D eigenvalue weighted by atomic mass is 19.4. The van der Waals surface area contributed by atoms with E-state index in [9.17, 15) is 26.7 Å². The van der Waals surface area contributed by atoms with Crippen molar-refractivity contribution in [2.75, 3.05) is 5.32 Å². The van der Waals surface area contributed by atoms with Gasteiger partial charge in [-0.2, -0.15) is 18.3 Å². The van der Waals surface area contributed by atoms with Gasteiger partial charge in [0.05, 0.1) is 40.9 Å². The number of carbonyl (C=O) groups is 1. The lowest BCUT2D eigenvalue weighted by atomic mass is 10.0. The summed E-state index contributed by atoms with van der Waals surface area (Å²) < 4.78 is 69.2. The molecule has 1 N–H and O–H groups in total. The molecule has 0 saturated carbocycles. The first-order valence-electron chi connectivity index (χ1n) is 10.7. The van der Waals surface area contributed by atoms with Crippen molar-refractivity contribution in [3.8, 4) is 11.3 Å². The highest BCUT2D eigenvalue weighted by molar-refractivity contribution is 6.04. The number of benzene rings is 1. The van der Waals surface area contributed by atoms with Gasteiger partial charge in [-0.25, -0.2) is 8.78 Å². The molecule has 3 aromatic heterocycles. The van der Waals surface area contributed by atoms with Gasteiger partial charge in [-0.05, 0) is 36.8 Å². The molecular formula is C25H20F5N5O. The minimum atomic E-state index is -4.83. The van der Waals surface area contributed by atoms with Crippen molar-refractivity contribution in [2.45, 2.75) is 32.5 Å². The third kappa shape index (κ3) is 5.40. The summed E-state index contributed by atoms with van der Waals surface area (Å²) in [6, 6.07) is 9.40. The van der Waals surface area contributed by atoms with Crippen LogP contribution in [0.15, 0.2) is 67.3 Å². The third-order valence-electron chi connectivity index (χ3n) is 5.55. The van der Waals surface area contributed by atoms with Crippen LogP contribution in [0.2, 0.25) is 0 Å². The molecule has 0 saturated heterocycles. The fourth-order valence-corrected chi connectivity index (χ4v) is 3.57. The Labute approximate surface area is 202 Å². The van der Waals surface area contributed by atoms with E-state index in [-0.39, 0.29) is 23.4 Å². The lowest BCUT2D eigenvalue weighted by Crippen LogP contribution is -2.16. The van der Waals surface area contributed by atoms with Crippen LogP contribution in [0.3, 0.4) is 0 Å². The van der Waals surface area contributed by atoms with Crippen LogP contribution in [0.4, 0.5) is 27.6 Å². The van der Waals surface area contributed by atoms with Gasteiger partial charge in [0, 0.05) is 36.6 Å². The van der Waals surface area contributed by atoms with Crippen molar-refractivity contribution < 1.29 is 26.7 Å². The summed E-state index contributed by atoms with van der Waals surface area (Å²) in [6.45, 7) is 1.78. The Bertz CT molecular complexity index is 1390. The molecule has 11 heteroatoms. The molecule has 0 aliphatic carbocycles. The number of amides is 1. The number of hydrogen-bond donors (Lipinski definition) is 1. The first-order valence-corrected chi connectivity index (χ1v) is 10.7. The summed E-state index contributed by atoms with van der Waals surface area (Å²) in [7, 11) is 0. The molecule has 0 aliphatic rings. The molecule has 0 aliphatic heterocycles. The Hall–Kier alpha value is -4.15. The highest BCUT2D eigenvalue weighted by Crippen LogP contribution is 2.37. The van der Waals surface area contributed by atoms with Crippen molar-refractivity contribution in [1.29, 1.82) is 0 Å². The van der Waals surface area contributed by atoms with Gasteiger partial charge >= 0.3 is 6.18 Å². The summed E-state index contributed by atoms with van der Waals surface area (Å²) in [6.07, 6.45) is 1.04. The second-order valence-electron chi connectivity index (χ2n) is 8.19. The predicted octanol–water partition coefficient (Wildman–Crippen LogP) is 6.08. The van der Waals surface area contributed by atoms with E-state index in [0.717, 1.165) is 12.1 Å². The first kappa shape index (κ1) is 25.0. The number of carbonyl (C=O) groups excluding carboxylic acids is 1. The maximum absolute atomic E-state index is 13.6. The number of aromatic nitrogens is 4. The van der Waals surface area contributed by atoms with Crippen LogP contribution in [0.25, 0.3) is 11.3 Å². The van der Waals surface area contributed by atoms with E-state index in [1.807, 2.05) is 0 Å². The van der Waals surface area contributed by atoms with Crippen molar-refractivity contribution in [3.63, 3.8) is 0 Å². The second kappa shape index (κ2) is 9.48. The fraction of sp³-hybridized carbons (Fsp3) is 0.200. The number of rotatable bonds is 6. The number of anilines is 1. The van der Waals surface area contributed by atoms with Gasteiger partial charge in [-0.15, -0.1) is 0 Å². The standard InChI is InChI=1S/C25H20F5N5O/c1-15-22(34-23(36)18-9-17(11-31-12-18)21-5-3-4-8-32-21)13-33-35(15)14-16-6-7-19(24(2,26)27)10-20(16)25(28,29)30/h3-13H,14H2,1-2H3,(H,34,36). The van der Waals surface area contributed by atoms with Crippen molar-refractivity contribution >= 4 is 11.6 Å². The van der Waals surface area contributed by atoms with Gasteiger partial charge in [-0.3, -0.25) is 19.4 Å². The van der Waals surface area contributed by atoms with Gasteiger partial charge in [0.2, 0.25) is 0 Å². The Balaban J connectivity index is 1.56. The van der Waals surface area contributed by atoms with Crippen molar-refractivity contribution in [1.82, 2.24) is 19.7 Å². The number of nitrogens with zero attached hydrogens (tertiary/aromatic N) is 4. The van der Waals surface area contributed by atoms with E-state index in [1.165, 1.54) is 17.1 Å². The van der Waals surface area contributed by atoms with Crippen molar-refractivity contribution in [2.24, 2.45) is 0 Å². The largest absolute Gasteiger partial charge is 0.416 e. The molecule has 0 atom stereocenters. The van der Waals surface area contributed by atoms with Crippen LogP contribution in [0, 0.1) is 6.92 Å². The highest BCUT2D eigenvalue weighted by Gasteiger charge is 2.36. The Morgan fingerprint density at radius 3 is 2.47 bits per heavy atom. The average molecular weight is 501 g/mol. The van der Waals surface area contributed by atoms with Crippen LogP contribution in [-0.2, 0) is 18.6 Å². The summed E-state index contributed by atoms with van der Waals surface area (Å²) in [5.41, 5.74) is 0.0633. The summed E-state index contributed by atoms with van der Waals surface area (Å²) in [5, 5.41) is 6.76. The molecule has 1 amide bonds. The second-order valence-corrected chi connectivity index (χ2v) is 8.19. The zero-order chi connectivity index (χ0) is 26.1. The Morgan fingerprint density at radius 2 is 1.81 bits per heavy atom. The summed E-state index contributed by atoms with van der Waals surface area (Å²) in [4.78, 5) is 21.1. The van der Waals surface area contributed by atoms with Crippen LogP contribution in [0.5, 0.6) is 0 Å². The fourth-order valence-electron chi connectivity index (χ4n) is 3.57. The molecule has 0 bridgehead atoms. The molecule has 4 rings (SSSR count). The Morgan fingerprint density at radius 1 is 1.03 bits per heavy atom. The zero-order valence-corrected chi connectivity index (χ0v) is 19.1. The summed E-state index contributed by atoms with van der Waals surface area (Å²) in [5.74, 6) is -3.91. The van der Waals surface area contributed by atoms with Gasteiger partial charge < -0.3 is 5.32 Å². The van der Waals surface area contributed by atoms with E-state index < -0.39 is 29.1 Å². The maximum atomic E-state index is 13.6. The third-order valence-corrected chi connectivity index (χ3v) is 5.55. The predicted molar refractivity (Wildman–Crippen MR) is 122 cm³/mol. The molecule has 3 heterocycles. The SMILES string of the molecule is Cc1c(NC(=O)c2cncc(-c3ccccn3)c2)cnn1Cc1ccc(C(C)(F)F)cc1C(F)(F)F. The van der Waals surface area contributed by atoms with Crippen LogP contribution < -0.4 is 5.32 Å². The molecule has 4 aromatic rings. The maximum Gasteiger partial charge on any atom is 0.416 e. The van der Waals surface area contributed by atoms with E-state index >= 15 is 0 Å². The topological polar surface area (TPSA) is 72.7 Å². The van der Waals surface area contributed by atoms with Crippen molar-refractivity contribution in [3.05, 3.63) is 95.2 Å². The normalized spacial score (nSPS) is 12.0. The molecular weight excluding hydrogens is 481 g/mol. The monoisotopic (exact) mass is 501 g/mol. The molecule has 0 spiro atoms. The van der Waals surface area contributed by atoms with E-state index in [2.05, 4.69) is 20.4 Å². The minimum Gasteiger partial charge on any atom is -0.319 e. The summed E-state index contributed by atoms with van der Waals surface area (Å²) >= 11 is 0. The molecule has 0 unspecified atom stereocenters. The van der Waals surface area contributed by atoms with Gasteiger partial charge in [-0.1, -0.05) is 18.2 Å². The Kier molecular flexibility index (Phi) is 6.57. The smallest absolute Gasteiger partial charge is 0.319 e. The van der Waals surface area contributed by atoms with Gasteiger partial charge in [0.15, 0.2) is 0 Å². The molecule has 6 nitrogen and oxygen atoms in total.